The maximum Gasteiger partial charge on any atom is 0.251 e. The number of nitrogens with one attached hydrogen (secondary N) is 1. The first-order chi connectivity index (χ1) is 5.49. The molecule has 12 heavy (non-hydrogen) atoms. The molecule has 1 unspecified atom stereocenters. The second-order valence-corrected chi connectivity index (χ2v) is 3.28. The normalized spacial score (nSPS) is 15.8. The van der Waals surface area contributed by atoms with E-state index in [1.54, 1.807) is 19.1 Å². The zero-order valence-electron chi connectivity index (χ0n) is 8.29. The third-order valence-corrected chi connectivity index (χ3v) is 1.89. The van der Waals surface area contributed by atoms with Crippen LogP contribution in [-0.4, -0.2) is 31.1 Å². The molecule has 0 fully saturated rings. The van der Waals surface area contributed by atoms with Crippen LogP contribution < -0.4 is 11.2 Å². The van der Waals surface area contributed by atoms with Crippen LogP contribution in [0.1, 0.15) is 20.3 Å². The van der Waals surface area contributed by atoms with E-state index in [0.29, 0.717) is 0 Å². The number of rotatable bonds is 4. The molecule has 0 saturated heterocycles. The van der Waals surface area contributed by atoms with Crippen molar-refractivity contribution in [3.63, 3.8) is 0 Å². The average Bonchev–Trinajstić information content (AvgIpc) is 2.00. The van der Waals surface area contributed by atoms with Gasteiger partial charge in [-0.15, -0.1) is 0 Å². The maximum absolute atomic E-state index is 11.3. The number of nitrogens with two attached hydrogens (primary N) is 1. The van der Waals surface area contributed by atoms with Gasteiger partial charge in [0, 0.05) is 14.1 Å². The first-order valence-corrected chi connectivity index (χ1v) is 4.22. The van der Waals surface area contributed by atoms with Crippen LogP contribution in [0.4, 0.5) is 0 Å². The SMILES string of the molecule is CCC(C)[C@H](N)C(=O)NN(C)C. The van der Waals surface area contributed by atoms with Crippen LogP contribution in [0.2, 0.25) is 0 Å². The summed E-state index contributed by atoms with van der Waals surface area (Å²) in [6.45, 7) is 3.99. The quantitative estimate of drug-likeness (QED) is 0.586. The highest BCUT2D eigenvalue weighted by molar-refractivity contribution is 5.81. The van der Waals surface area contributed by atoms with E-state index in [-0.39, 0.29) is 11.8 Å². The molecule has 0 saturated carbocycles. The van der Waals surface area contributed by atoms with Crippen molar-refractivity contribution in [2.75, 3.05) is 14.1 Å². The molecular weight excluding hydrogens is 154 g/mol. The van der Waals surface area contributed by atoms with Gasteiger partial charge >= 0.3 is 0 Å². The van der Waals surface area contributed by atoms with Gasteiger partial charge in [0.15, 0.2) is 0 Å². The average molecular weight is 173 g/mol. The van der Waals surface area contributed by atoms with Gasteiger partial charge in [0.05, 0.1) is 6.04 Å². The van der Waals surface area contributed by atoms with Crippen molar-refractivity contribution in [3.8, 4) is 0 Å². The predicted octanol–water partition coefficient (Wildman–Crippen LogP) is -0.0474. The Bertz CT molecular complexity index is 147. The highest BCUT2D eigenvalue weighted by Crippen LogP contribution is 2.04. The molecule has 0 aromatic carbocycles. The number of hydrazine groups is 1. The van der Waals surface area contributed by atoms with Crippen LogP contribution in [0.5, 0.6) is 0 Å². The lowest BCUT2D eigenvalue weighted by atomic mass is 10.00. The molecule has 1 amide bonds. The van der Waals surface area contributed by atoms with Gasteiger partial charge < -0.3 is 5.73 Å². The molecule has 4 heteroatoms. The summed E-state index contributed by atoms with van der Waals surface area (Å²) in [4.78, 5) is 11.3. The lowest BCUT2D eigenvalue weighted by Crippen LogP contribution is -2.49. The van der Waals surface area contributed by atoms with Gasteiger partial charge in [0.25, 0.3) is 5.91 Å². The second-order valence-electron chi connectivity index (χ2n) is 3.28. The van der Waals surface area contributed by atoms with Gasteiger partial charge in [0.1, 0.15) is 0 Å². The molecule has 0 spiro atoms. The Morgan fingerprint density at radius 2 is 2.08 bits per heavy atom. The van der Waals surface area contributed by atoms with Crippen LogP contribution in [-0.2, 0) is 4.79 Å². The zero-order valence-corrected chi connectivity index (χ0v) is 8.29. The first-order valence-electron chi connectivity index (χ1n) is 4.22. The standard InChI is InChI=1S/C8H19N3O/c1-5-6(2)7(9)8(12)10-11(3)4/h6-7H,5,9H2,1-4H3,(H,10,12)/t6?,7-/m0/s1. The molecule has 0 aliphatic heterocycles. The fraction of sp³-hybridized carbons (Fsp3) is 0.875. The summed E-state index contributed by atoms with van der Waals surface area (Å²) in [6.07, 6.45) is 0.919. The van der Waals surface area contributed by atoms with Crippen LogP contribution in [0, 0.1) is 5.92 Å². The fourth-order valence-corrected chi connectivity index (χ4v) is 0.807. The van der Waals surface area contributed by atoms with E-state index >= 15 is 0 Å². The summed E-state index contributed by atoms with van der Waals surface area (Å²) in [7, 11) is 3.53. The molecule has 0 rings (SSSR count). The van der Waals surface area contributed by atoms with E-state index in [4.69, 9.17) is 5.73 Å². The minimum atomic E-state index is -0.405. The van der Waals surface area contributed by atoms with Crippen LogP contribution in [0.25, 0.3) is 0 Å². The fourth-order valence-electron chi connectivity index (χ4n) is 0.807. The molecule has 72 valence electrons. The molecule has 0 radical (unpaired) electrons. The first kappa shape index (κ1) is 11.4. The van der Waals surface area contributed by atoms with Crippen molar-refractivity contribution in [1.29, 1.82) is 0 Å². The van der Waals surface area contributed by atoms with E-state index in [1.807, 2.05) is 13.8 Å². The zero-order chi connectivity index (χ0) is 9.72. The lowest BCUT2D eigenvalue weighted by molar-refractivity contribution is -0.127. The third-order valence-electron chi connectivity index (χ3n) is 1.89. The molecule has 4 nitrogen and oxygen atoms in total. The summed E-state index contributed by atoms with van der Waals surface area (Å²) >= 11 is 0. The van der Waals surface area contributed by atoms with Gasteiger partial charge in [-0.1, -0.05) is 20.3 Å². The highest BCUT2D eigenvalue weighted by Gasteiger charge is 2.19. The predicted molar refractivity (Wildman–Crippen MR) is 49.3 cm³/mol. The third kappa shape index (κ3) is 3.69. The largest absolute Gasteiger partial charge is 0.320 e. The van der Waals surface area contributed by atoms with Gasteiger partial charge in [0.2, 0.25) is 0 Å². The van der Waals surface area contributed by atoms with Gasteiger partial charge in [-0.3, -0.25) is 10.2 Å². The van der Waals surface area contributed by atoms with Crippen molar-refractivity contribution >= 4 is 5.91 Å². The van der Waals surface area contributed by atoms with E-state index < -0.39 is 6.04 Å². The van der Waals surface area contributed by atoms with Crippen molar-refractivity contribution in [2.24, 2.45) is 11.7 Å². The number of amides is 1. The Labute approximate surface area is 74.1 Å². The Morgan fingerprint density at radius 3 is 2.42 bits per heavy atom. The summed E-state index contributed by atoms with van der Waals surface area (Å²) in [6, 6.07) is -0.405. The smallest absolute Gasteiger partial charge is 0.251 e. The minimum Gasteiger partial charge on any atom is -0.320 e. The lowest BCUT2D eigenvalue weighted by Gasteiger charge is -2.20. The topological polar surface area (TPSA) is 58.4 Å². The van der Waals surface area contributed by atoms with Crippen LogP contribution in [0.3, 0.4) is 0 Å². The van der Waals surface area contributed by atoms with Crippen molar-refractivity contribution in [2.45, 2.75) is 26.3 Å². The van der Waals surface area contributed by atoms with Crippen molar-refractivity contribution in [3.05, 3.63) is 0 Å². The number of hydrogen-bond donors (Lipinski definition) is 2. The molecule has 3 N–H and O–H groups in total. The highest BCUT2D eigenvalue weighted by atomic mass is 16.2. The van der Waals surface area contributed by atoms with Gasteiger partial charge in [-0.05, 0) is 5.92 Å². The Morgan fingerprint density at radius 1 is 1.58 bits per heavy atom. The Hall–Kier alpha value is -0.610. The second kappa shape index (κ2) is 5.11. The summed E-state index contributed by atoms with van der Waals surface area (Å²) in [5, 5.41) is 1.60. The van der Waals surface area contributed by atoms with E-state index in [2.05, 4.69) is 5.43 Å². The summed E-state index contributed by atoms with van der Waals surface area (Å²) < 4.78 is 0. The number of nitrogens with zero attached hydrogens (tertiary/aromatic N) is 1. The van der Waals surface area contributed by atoms with Crippen molar-refractivity contribution < 1.29 is 4.79 Å². The van der Waals surface area contributed by atoms with Crippen LogP contribution >= 0.6 is 0 Å². The molecule has 0 bridgehead atoms. The number of carbonyl (C=O) groups is 1. The molecular formula is C8H19N3O. The van der Waals surface area contributed by atoms with Gasteiger partial charge in [-0.25, -0.2) is 5.01 Å². The van der Waals surface area contributed by atoms with E-state index in [1.165, 1.54) is 0 Å². The summed E-state index contributed by atoms with van der Waals surface area (Å²) in [5.74, 6) is 0.110. The molecule has 0 aliphatic rings. The Balaban J connectivity index is 3.92. The van der Waals surface area contributed by atoms with Crippen molar-refractivity contribution in [1.82, 2.24) is 10.4 Å². The van der Waals surface area contributed by atoms with Gasteiger partial charge in [-0.2, -0.15) is 0 Å². The molecule has 0 heterocycles. The summed E-state index contributed by atoms with van der Waals surface area (Å²) in [5.41, 5.74) is 8.31. The molecule has 0 aromatic heterocycles. The van der Waals surface area contributed by atoms with Crippen LogP contribution in [0.15, 0.2) is 0 Å². The Kier molecular flexibility index (Phi) is 4.85. The number of hydrogen-bond acceptors (Lipinski definition) is 3. The van der Waals surface area contributed by atoms with E-state index in [9.17, 15) is 4.79 Å². The number of carbonyl (C=O) groups excluding carboxylic acids is 1. The molecule has 0 aliphatic carbocycles. The maximum atomic E-state index is 11.3. The molecule has 2 atom stereocenters. The van der Waals surface area contributed by atoms with E-state index in [0.717, 1.165) is 6.42 Å². The monoisotopic (exact) mass is 173 g/mol. The molecule has 0 aromatic rings. The minimum absolute atomic E-state index is 0.116.